The molecule has 0 amide bonds. The molecule has 0 radical (unpaired) electrons. The van der Waals surface area contributed by atoms with Crippen molar-refractivity contribution < 1.29 is 9.72 Å². The maximum absolute atomic E-state index is 10.1. The fraction of sp³-hybridized carbons (Fsp3) is 0.222. The minimum atomic E-state index is -0.424. The Bertz CT molecular complexity index is 297. The molecule has 1 aromatic carbocycles. The Morgan fingerprint density at radius 1 is 1.43 bits per heavy atom. The van der Waals surface area contributed by atoms with E-state index in [2.05, 4.69) is 15.9 Å². The lowest BCUT2D eigenvalue weighted by Crippen LogP contribution is -1.85. The van der Waals surface area contributed by atoms with Gasteiger partial charge in [0.1, 0.15) is 6.29 Å². The molecule has 1 aromatic rings. The minimum Gasteiger partial charge on any atom is -0.303 e. The number of rotatable bonds is 2. The van der Waals surface area contributed by atoms with E-state index in [0.29, 0.717) is 6.42 Å². The smallest absolute Gasteiger partial charge is 0.269 e. The van der Waals surface area contributed by atoms with E-state index < -0.39 is 4.92 Å². The van der Waals surface area contributed by atoms with Crippen LogP contribution in [0.25, 0.3) is 0 Å². The summed E-state index contributed by atoms with van der Waals surface area (Å²) in [5.74, 6) is 0. The maximum atomic E-state index is 10.1. The zero-order valence-corrected chi connectivity index (χ0v) is 9.23. The van der Waals surface area contributed by atoms with Gasteiger partial charge in [-0.2, -0.15) is 0 Å². The highest BCUT2D eigenvalue weighted by atomic mass is 79.9. The maximum Gasteiger partial charge on any atom is 0.269 e. The molecule has 0 aliphatic heterocycles. The minimum absolute atomic E-state index is 0.114. The Morgan fingerprint density at radius 3 is 2.14 bits per heavy atom. The zero-order chi connectivity index (χ0) is 11.0. The van der Waals surface area contributed by atoms with Gasteiger partial charge >= 0.3 is 0 Å². The average Bonchev–Trinajstić information content (AvgIpc) is 2.19. The number of nitrogens with zero attached hydrogens (tertiary/aromatic N) is 1. The van der Waals surface area contributed by atoms with Crippen LogP contribution in [0.3, 0.4) is 0 Å². The molecule has 0 spiro atoms. The van der Waals surface area contributed by atoms with E-state index in [1.54, 1.807) is 12.1 Å². The lowest BCUT2D eigenvalue weighted by molar-refractivity contribution is -0.384. The second-order valence-electron chi connectivity index (χ2n) is 2.31. The van der Waals surface area contributed by atoms with Crippen molar-refractivity contribution >= 4 is 27.9 Å². The molecular weight excluding hydrogens is 250 g/mol. The van der Waals surface area contributed by atoms with Crippen LogP contribution in [0, 0.1) is 10.1 Å². The fourth-order valence-electron chi connectivity index (χ4n) is 0.563. The highest BCUT2D eigenvalue weighted by Crippen LogP contribution is 2.15. The van der Waals surface area contributed by atoms with Crippen molar-refractivity contribution in [1.82, 2.24) is 0 Å². The summed E-state index contributed by atoms with van der Waals surface area (Å²) in [4.78, 5) is 18.9. The molecule has 0 aliphatic carbocycles. The van der Waals surface area contributed by atoms with Crippen molar-refractivity contribution in [2.45, 2.75) is 13.3 Å². The van der Waals surface area contributed by atoms with Gasteiger partial charge in [0.05, 0.1) is 4.92 Å². The van der Waals surface area contributed by atoms with Crippen LogP contribution in [0.1, 0.15) is 13.3 Å². The highest BCUT2D eigenvalue weighted by molar-refractivity contribution is 9.10. The van der Waals surface area contributed by atoms with Gasteiger partial charge in [0.25, 0.3) is 5.69 Å². The molecule has 0 aromatic heterocycles. The molecule has 1 rings (SSSR count). The van der Waals surface area contributed by atoms with Crippen molar-refractivity contribution in [3.63, 3.8) is 0 Å². The van der Waals surface area contributed by atoms with Gasteiger partial charge in [-0.1, -0.05) is 22.9 Å². The van der Waals surface area contributed by atoms with Gasteiger partial charge in [-0.3, -0.25) is 10.1 Å². The SMILES string of the molecule is CCC=O.O=[N+]([O-])c1ccc(Br)cc1. The molecule has 4 nitrogen and oxygen atoms in total. The number of carbonyl (C=O) groups excluding carboxylic acids is 1. The number of non-ortho nitro benzene ring substituents is 1. The van der Waals surface area contributed by atoms with E-state index in [1.165, 1.54) is 12.1 Å². The number of nitro groups is 1. The number of aldehydes is 1. The molecule has 0 unspecified atom stereocenters. The molecule has 76 valence electrons. The summed E-state index contributed by atoms with van der Waals surface area (Å²) in [6, 6.07) is 6.17. The highest BCUT2D eigenvalue weighted by Gasteiger charge is 2.01. The van der Waals surface area contributed by atoms with Crippen LogP contribution in [-0.4, -0.2) is 11.2 Å². The van der Waals surface area contributed by atoms with Crippen molar-refractivity contribution in [3.8, 4) is 0 Å². The third-order valence-electron chi connectivity index (χ3n) is 1.20. The Kier molecular flexibility index (Phi) is 6.57. The molecule has 0 bridgehead atoms. The summed E-state index contributed by atoms with van der Waals surface area (Å²) < 4.78 is 0.845. The van der Waals surface area contributed by atoms with E-state index in [0.717, 1.165) is 10.8 Å². The second kappa shape index (κ2) is 7.20. The van der Waals surface area contributed by atoms with Crippen LogP contribution in [0.4, 0.5) is 5.69 Å². The van der Waals surface area contributed by atoms with Gasteiger partial charge in [-0.05, 0) is 12.1 Å². The first-order valence-corrected chi connectivity index (χ1v) is 4.74. The van der Waals surface area contributed by atoms with E-state index in [9.17, 15) is 14.9 Å². The molecule has 0 fully saturated rings. The van der Waals surface area contributed by atoms with E-state index >= 15 is 0 Å². The van der Waals surface area contributed by atoms with Gasteiger partial charge < -0.3 is 4.79 Å². The number of hydrogen-bond acceptors (Lipinski definition) is 3. The normalized spacial score (nSPS) is 8.43. The van der Waals surface area contributed by atoms with Gasteiger partial charge in [-0.15, -0.1) is 0 Å². The number of benzene rings is 1. The van der Waals surface area contributed by atoms with Crippen LogP contribution >= 0.6 is 15.9 Å². The Balaban J connectivity index is 0.000000364. The quantitative estimate of drug-likeness (QED) is 0.466. The van der Waals surface area contributed by atoms with Gasteiger partial charge in [0.15, 0.2) is 0 Å². The Labute approximate surface area is 90.2 Å². The molecule has 0 saturated heterocycles. The molecule has 0 aliphatic rings. The van der Waals surface area contributed by atoms with Crippen molar-refractivity contribution in [1.29, 1.82) is 0 Å². The van der Waals surface area contributed by atoms with Gasteiger partial charge in [0.2, 0.25) is 0 Å². The third kappa shape index (κ3) is 5.42. The number of halogens is 1. The van der Waals surface area contributed by atoms with Crippen LogP contribution in [0.15, 0.2) is 28.7 Å². The third-order valence-corrected chi connectivity index (χ3v) is 1.73. The first-order chi connectivity index (χ1) is 6.61. The predicted molar refractivity (Wildman–Crippen MR) is 57.2 cm³/mol. The molecule has 0 N–H and O–H groups in total. The summed E-state index contributed by atoms with van der Waals surface area (Å²) in [5.41, 5.74) is 0.114. The first kappa shape index (κ1) is 12.8. The summed E-state index contributed by atoms with van der Waals surface area (Å²) in [6.07, 6.45) is 1.51. The van der Waals surface area contributed by atoms with Crippen molar-refractivity contribution in [3.05, 3.63) is 38.9 Å². The number of carbonyl (C=O) groups is 1. The average molecular weight is 260 g/mol. The molecule has 0 saturated carbocycles. The predicted octanol–water partition coefficient (Wildman–Crippen LogP) is 2.95. The van der Waals surface area contributed by atoms with Crippen molar-refractivity contribution in [2.75, 3.05) is 0 Å². The standard InChI is InChI=1S/C6H4BrNO2.C3H6O/c7-5-1-3-6(4-2-5)8(9)10;1-2-3-4/h1-4H;3H,2H2,1H3. The Morgan fingerprint density at radius 2 is 1.86 bits per heavy atom. The van der Waals surface area contributed by atoms with Gasteiger partial charge in [-0.25, -0.2) is 0 Å². The first-order valence-electron chi connectivity index (χ1n) is 3.95. The van der Waals surface area contributed by atoms with Crippen LogP contribution in [0.2, 0.25) is 0 Å². The fourth-order valence-corrected chi connectivity index (χ4v) is 0.827. The molecule has 0 atom stereocenters. The monoisotopic (exact) mass is 259 g/mol. The number of hydrogen-bond donors (Lipinski definition) is 0. The summed E-state index contributed by atoms with van der Waals surface area (Å²) >= 11 is 3.17. The Hall–Kier alpha value is -1.23. The summed E-state index contributed by atoms with van der Waals surface area (Å²) in [5, 5.41) is 10.1. The van der Waals surface area contributed by atoms with Crippen LogP contribution in [-0.2, 0) is 4.79 Å². The van der Waals surface area contributed by atoms with Crippen LogP contribution in [0.5, 0.6) is 0 Å². The zero-order valence-electron chi connectivity index (χ0n) is 7.64. The molecule has 5 heteroatoms. The summed E-state index contributed by atoms with van der Waals surface area (Å²) in [6.45, 7) is 1.81. The second-order valence-corrected chi connectivity index (χ2v) is 3.22. The lowest BCUT2D eigenvalue weighted by atomic mass is 10.3. The molecular formula is C9H10BrNO3. The van der Waals surface area contributed by atoms with E-state index in [1.807, 2.05) is 6.92 Å². The van der Waals surface area contributed by atoms with Crippen molar-refractivity contribution in [2.24, 2.45) is 0 Å². The largest absolute Gasteiger partial charge is 0.303 e. The lowest BCUT2D eigenvalue weighted by Gasteiger charge is -1.88. The van der Waals surface area contributed by atoms with Crippen LogP contribution < -0.4 is 0 Å². The topological polar surface area (TPSA) is 60.2 Å². The molecule has 14 heavy (non-hydrogen) atoms. The van der Waals surface area contributed by atoms with E-state index in [-0.39, 0.29) is 5.69 Å². The molecule has 0 heterocycles. The van der Waals surface area contributed by atoms with E-state index in [4.69, 9.17) is 0 Å². The summed E-state index contributed by atoms with van der Waals surface area (Å²) in [7, 11) is 0. The van der Waals surface area contributed by atoms with Gasteiger partial charge in [0, 0.05) is 23.0 Å². The number of nitro benzene ring substituents is 1.